The summed E-state index contributed by atoms with van der Waals surface area (Å²) < 4.78 is 5.42. The van der Waals surface area contributed by atoms with Gasteiger partial charge in [-0.2, -0.15) is 0 Å². The molecule has 6 N–H and O–H groups in total. The summed E-state index contributed by atoms with van der Waals surface area (Å²) in [5.41, 5.74) is 1.39. The Balaban J connectivity index is 1.72. The predicted octanol–water partition coefficient (Wildman–Crippen LogP) is 1.47. The van der Waals surface area contributed by atoms with E-state index >= 15 is 0 Å². The van der Waals surface area contributed by atoms with Crippen molar-refractivity contribution < 1.29 is 34.4 Å². The maximum absolute atomic E-state index is 12.7. The van der Waals surface area contributed by atoms with Gasteiger partial charge in [0, 0.05) is 23.5 Å². The molecule has 3 aromatic rings. The second-order valence-electron chi connectivity index (χ2n) is 7.05. The number of fused-ring (bicyclic) bond motifs is 1. The average Bonchev–Trinajstić information content (AvgIpc) is 3.22. The molecule has 1 atom stereocenters. The Bertz CT molecular complexity index is 1160. The number of nitrogens with one attached hydrogen (secondary N) is 3. The molecule has 0 aliphatic rings. The van der Waals surface area contributed by atoms with Crippen LogP contribution in [0.3, 0.4) is 0 Å². The molecule has 33 heavy (non-hydrogen) atoms. The summed E-state index contributed by atoms with van der Waals surface area (Å²) in [5.74, 6) is -1.74. The second kappa shape index (κ2) is 10.8. The van der Waals surface area contributed by atoms with Crippen molar-refractivity contribution in [2.75, 3.05) is 26.4 Å². The van der Waals surface area contributed by atoms with Crippen LogP contribution in [0.1, 0.15) is 32.5 Å². The predicted molar refractivity (Wildman–Crippen MR) is 120 cm³/mol. The summed E-state index contributed by atoms with van der Waals surface area (Å²) in [4.78, 5) is 38.3. The monoisotopic (exact) mass is 475 g/mol. The third-order valence-corrected chi connectivity index (χ3v) is 5.05. The number of aromatic nitrogens is 1. The van der Waals surface area contributed by atoms with Crippen molar-refractivity contribution >= 4 is 40.3 Å². The normalized spacial score (nSPS) is 11.7. The summed E-state index contributed by atoms with van der Waals surface area (Å²) in [6, 6.07) is 9.81. The quantitative estimate of drug-likeness (QED) is 0.259. The van der Waals surface area contributed by atoms with Crippen LogP contribution < -0.4 is 15.4 Å². The van der Waals surface area contributed by atoms with E-state index in [9.17, 15) is 19.5 Å². The third kappa shape index (κ3) is 6.01. The van der Waals surface area contributed by atoms with Gasteiger partial charge in [0.25, 0.3) is 11.8 Å². The minimum atomic E-state index is -1.07. The number of carboxylic acid groups (broad SMARTS) is 1. The van der Waals surface area contributed by atoms with Crippen molar-refractivity contribution in [2.24, 2.45) is 0 Å². The van der Waals surface area contributed by atoms with Crippen molar-refractivity contribution in [3.8, 4) is 5.75 Å². The molecule has 0 aliphatic carbocycles. The fraction of sp³-hybridized carbons (Fsp3) is 0.227. The van der Waals surface area contributed by atoms with E-state index in [1.807, 2.05) is 0 Å². The van der Waals surface area contributed by atoms with E-state index in [2.05, 4.69) is 15.6 Å². The average molecular weight is 476 g/mol. The Labute approximate surface area is 193 Å². The Morgan fingerprint density at radius 1 is 1.09 bits per heavy atom. The summed E-state index contributed by atoms with van der Waals surface area (Å²) in [5, 5.41) is 33.5. The van der Waals surface area contributed by atoms with Gasteiger partial charge < -0.3 is 35.7 Å². The number of benzene rings is 2. The zero-order chi connectivity index (χ0) is 24.0. The lowest BCUT2D eigenvalue weighted by Crippen LogP contribution is -2.31. The van der Waals surface area contributed by atoms with E-state index in [4.69, 9.17) is 26.6 Å². The van der Waals surface area contributed by atoms with Gasteiger partial charge in [-0.05, 0) is 29.8 Å². The van der Waals surface area contributed by atoms with Crippen LogP contribution in [0.25, 0.3) is 10.9 Å². The van der Waals surface area contributed by atoms with Crippen LogP contribution in [-0.2, 0) is 4.79 Å². The number of carboxylic acids is 1. The number of halogens is 1. The molecule has 0 spiro atoms. The molecule has 3 rings (SSSR count). The van der Waals surface area contributed by atoms with Gasteiger partial charge in [0.1, 0.15) is 11.4 Å². The first-order valence-electron chi connectivity index (χ1n) is 9.90. The maximum atomic E-state index is 12.7. The number of amides is 2. The first-order chi connectivity index (χ1) is 15.8. The van der Waals surface area contributed by atoms with Crippen LogP contribution in [-0.4, -0.2) is 64.5 Å². The smallest absolute Gasteiger partial charge is 0.335 e. The molecule has 11 heteroatoms. The number of aliphatic hydroxyl groups is 2. The summed E-state index contributed by atoms with van der Waals surface area (Å²) in [6.07, 6.45) is 0. The van der Waals surface area contributed by atoms with Gasteiger partial charge in [-0.3, -0.25) is 9.59 Å². The van der Waals surface area contributed by atoms with Crippen LogP contribution in [0.4, 0.5) is 0 Å². The van der Waals surface area contributed by atoms with Crippen molar-refractivity contribution in [1.82, 2.24) is 15.6 Å². The zero-order valence-corrected chi connectivity index (χ0v) is 18.1. The second-order valence-corrected chi connectivity index (χ2v) is 7.46. The number of H-pyrrole nitrogens is 1. The lowest BCUT2D eigenvalue weighted by Gasteiger charge is -2.16. The van der Waals surface area contributed by atoms with Gasteiger partial charge in [0.05, 0.1) is 29.8 Å². The molecular formula is C22H22ClN3O7. The summed E-state index contributed by atoms with van der Waals surface area (Å²) in [7, 11) is 0. The largest absolute Gasteiger partial charge is 0.482 e. The standard InChI is InChI=1S/C22H22ClN3O7/c23-15-7-14-8-17(25-16(14)9-19(15)33-11-20(29)24-5-6-27)21(30)26-18(10-28)12-1-3-13(4-2-12)22(31)32/h1-4,7-9,18,25,27-28H,5-6,10-11H2,(H,24,29)(H,26,30)(H,31,32)/t18-/m1/s1. The van der Waals surface area contributed by atoms with E-state index in [1.165, 1.54) is 24.3 Å². The number of carbonyl (C=O) groups excluding carboxylic acids is 2. The van der Waals surface area contributed by atoms with E-state index in [0.29, 0.717) is 16.5 Å². The van der Waals surface area contributed by atoms with Crippen molar-refractivity contribution in [1.29, 1.82) is 0 Å². The van der Waals surface area contributed by atoms with E-state index in [1.54, 1.807) is 18.2 Å². The number of rotatable bonds is 10. The molecule has 0 saturated carbocycles. The van der Waals surface area contributed by atoms with Gasteiger partial charge >= 0.3 is 5.97 Å². The number of carbonyl (C=O) groups is 3. The number of aromatic amines is 1. The fourth-order valence-electron chi connectivity index (χ4n) is 3.08. The van der Waals surface area contributed by atoms with Gasteiger partial charge in [-0.25, -0.2) is 4.79 Å². The molecule has 0 radical (unpaired) electrons. The highest BCUT2D eigenvalue weighted by molar-refractivity contribution is 6.32. The van der Waals surface area contributed by atoms with Crippen molar-refractivity contribution in [3.63, 3.8) is 0 Å². The molecule has 0 unspecified atom stereocenters. The van der Waals surface area contributed by atoms with Gasteiger partial charge in [-0.1, -0.05) is 23.7 Å². The Morgan fingerprint density at radius 3 is 2.45 bits per heavy atom. The van der Waals surface area contributed by atoms with E-state index in [-0.39, 0.29) is 48.4 Å². The molecule has 1 aromatic heterocycles. The molecule has 174 valence electrons. The Kier molecular flexibility index (Phi) is 7.88. The Hall–Kier alpha value is -3.60. The molecule has 0 aliphatic heterocycles. The molecule has 1 heterocycles. The SMILES string of the molecule is O=C(COc1cc2[nH]c(C(=O)N[C@H](CO)c3ccc(C(=O)O)cc3)cc2cc1Cl)NCCO. The summed E-state index contributed by atoms with van der Waals surface area (Å²) >= 11 is 6.22. The van der Waals surface area contributed by atoms with Crippen LogP contribution in [0.2, 0.25) is 5.02 Å². The van der Waals surface area contributed by atoms with Gasteiger partial charge in [-0.15, -0.1) is 0 Å². The highest BCUT2D eigenvalue weighted by Gasteiger charge is 2.18. The van der Waals surface area contributed by atoms with Crippen LogP contribution in [0, 0.1) is 0 Å². The highest BCUT2D eigenvalue weighted by Crippen LogP contribution is 2.30. The number of hydrogen-bond donors (Lipinski definition) is 6. The molecule has 0 saturated heterocycles. The molecule has 2 aromatic carbocycles. The highest BCUT2D eigenvalue weighted by atomic mass is 35.5. The lowest BCUT2D eigenvalue weighted by molar-refractivity contribution is -0.123. The maximum Gasteiger partial charge on any atom is 0.335 e. The molecule has 0 bridgehead atoms. The van der Waals surface area contributed by atoms with Crippen LogP contribution in [0.5, 0.6) is 5.75 Å². The van der Waals surface area contributed by atoms with E-state index < -0.39 is 23.8 Å². The van der Waals surface area contributed by atoms with Gasteiger partial charge in [0.2, 0.25) is 0 Å². The number of ether oxygens (including phenoxy) is 1. The van der Waals surface area contributed by atoms with Crippen molar-refractivity contribution in [2.45, 2.75) is 6.04 Å². The minimum Gasteiger partial charge on any atom is -0.482 e. The van der Waals surface area contributed by atoms with Crippen LogP contribution in [0.15, 0.2) is 42.5 Å². The van der Waals surface area contributed by atoms with Gasteiger partial charge in [0.15, 0.2) is 6.61 Å². The lowest BCUT2D eigenvalue weighted by atomic mass is 10.1. The first kappa shape index (κ1) is 24.1. The molecular weight excluding hydrogens is 454 g/mol. The van der Waals surface area contributed by atoms with Crippen molar-refractivity contribution in [3.05, 3.63) is 64.3 Å². The number of aromatic carboxylic acids is 1. The third-order valence-electron chi connectivity index (χ3n) is 4.76. The molecule has 2 amide bonds. The molecule has 0 fully saturated rings. The fourth-order valence-corrected chi connectivity index (χ4v) is 3.31. The first-order valence-corrected chi connectivity index (χ1v) is 10.3. The Morgan fingerprint density at radius 2 is 1.82 bits per heavy atom. The topological polar surface area (TPSA) is 161 Å². The zero-order valence-electron chi connectivity index (χ0n) is 17.3. The molecule has 10 nitrogen and oxygen atoms in total. The summed E-state index contributed by atoms with van der Waals surface area (Å²) in [6.45, 7) is -0.752. The number of hydrogen-bond acceptors (Lipinski definition) is 6. The minimum absolute atomic E-state index is 0.0955. The number of aliphatic hydroxyl groups excluding tert-OH is 2. The van der Waals surface area contributed by atoms with Crippen LogP contribution >= 0.6 is 11.6 Å². The van der Waals surface area contributed by atoms with E-state index in [0.717, 1.165) is 0 Å².